The number of benzene rings is 1. The van der Waals surface area contributed by atoms with E-state index in [4.69, 9.17) is 8.85 Å². The van der Waals surface area contributed by atoms with Crippen molar-refractivity contribution >= 4 is 8.56 Å². The van der Waals surface area contributed by atoms with Crippen molar-refractivity contribution in [3.8, 4) is 0 Å². The fourth-order valence-corrected chi connectivity index (χ4v) is 6.09. The van der Waals surface area contributed by atoms with Gasteiger partial charge in [0.25, 0.3) is 0 Å². The quantitative estimate of drug-likeness (QED) is 0.237. The molecule has 0 fully saturated rings. The molecule has 0 amide bonds. The fraction of sp³-hybridized carbons (Fsp3) is 0.769. The lowest BCUT2D eigenvalue weighted by atomic mass is 10.0. The van der Waals surface area contributed by atoms with Crippen LogP contribution in [0, 0.1) is 18.8 Å². The van der Waals surface area contributed by atoms with E-state index in [1.165, 1.54) is 62.5 Å². The molecular formula is C26H48O2Si. The molecule has 1 rings (SSSR count). The highest BCUT2D eigenvalue weighted by atomic mass is 28.4. The average molecular weight is 421 g/mol. The fourth-order valence-electron chi connectivity index (χ4n) is 3.82. The molecule has 2 unspecified atom stereocenters. The third-order valence-electron chi connectivity index (χ3n) is 6.44. The largest absolute Gasteiger partial charge is 0.394 e. The lowest BCUT2D eigenvalue weighted by Crippen LogP contribution is -2.42. The second-order valence-corrected chi connectivity index (χ2v) is 12.4. The molecule has 0 saturated carbocycles. The number of aryl methyl sites for hydroxylation is 2. The predicted molar refractivity (Wildman–Crippen MR) is 130 cm³/mol. The maximum Gasteiger partial charge on any atom is 0.335 e. The van der Waals surface area contributed by atoms with Crippen LogP contribution in [0.15, 0.2) is 24.3 Å². The van der Waals surface area contributed by atoms with E-state index in [0.29, 0.717) is 11.8 Å². The van der Waals surface area contributed by atoms with Crippen LogP contribution in [0.5, 0.6) is 0 Å². The highest BCUT2D eigenvalue weighted by Gasteiger charge is 2.33. The summed E-state index contributed by atoms with van der Waals surface area (Å²) in [6, 6.07) is 9.80. The van der Waals surface area contributed by atoms with Gasteiger partial charge in [-0.15, -0.1) is 0 Å². The van der Waals surface area contributed by atoms with Gasteiger partial charge >= 0.3 is 8.56 Å². The number of unbranched alkanes of at least 4 members (excludes halogenated alkanes) is 2. The molecule has 29 heavy (non-hydrogen) atoms. The topological polar surface area (TPSA) is 18.5 Å². The van der Waals surface area contributed by atoms with E-state index < -0.39 is 8.56 Å². The van der Waals surface area contributed by atoms with Gasteiger partial charge < -0.3 is 8.85 Å². The van der Waals surface area contributed by atoms with Crippen LogP contribution in [-0.4, -0.2) is 21.8 Å². The SMILES string of the molecule is CCCCC(CC)CO[Si](C)(CCc1ccccc1C)OCC(CC)CCCC. The zero-order chi connectivity index (χ0) is 21.5. The molecule has 2 nitrogen and oxygen atoms in total. The molecule has 0 aliphatic carbocycles. The normalized spacial score (nSPS) is 15.8. The highest BCUT2D eigenvalue weighted by Crippen LogP contribution is 2.24. The van der Waals surface area contributed by atoms with Crippen LogP contribution in [0.1, 0.15) is 90.2 Å². The van der Waals surface area contributed by atoms with Crippen LogP contribution in [0.2, 0.25) is 12.6 Å². The zero-order valence-electron chi connectivity index (χ0n) is 20.3. The Balaban J connectivity index is 2.74. The van der Waals surface area contributed by atoms with Crippen molar-refractivity contribution in [1.29, 1.82) is 0 Å². The number of rotatable bonds is 17. The van der Waals surface area contributed by atoms with Crippen LogP contribution in [0.3, 0.4) is 0 Å². The Morgan fingerprint density at radius 1 is 0.828 bits per heavy atom. The van der Waals surface area contributed by atoms with Crippen molar-refractivity contribution in [3.05, 3.63) is 35.4 Å². The molecule has 1 aromatic rings. The van der Waals surface area contributed by atoms with Gasteiger partial charge in [-0.1, -0.05) is 90.5 Å². The minimum Gasteiger partial charge on any atom is -0.394 e. The van der Waals surface area contributed by atoms with Crippen LogP contribution in [0.4, 0.5) is 0 Å². The lowest BCUT2D eigenvalue weighted by molar-refractivity contribution is 0.122. The van der Waals surface area contributed by atoms with Gasteiger partial charge in [-0.05, 0) is 61.7 Å². The Morgan fingerprint density at radius 2 is 1.34 bits per heavy atom. The maximum atomic E-state index is 6.66. The van der Waals surface area contributed by atoms with Gasteiger partial charge in [-0.2, -0.15) is 0 Å². The van der Waals surface area contributed by atoms with Gasteiger partial charge in [-0.3, -0.25) is 0 Å². The smallest absolute Gasteiger partial charge is 0.335 e. The molecule has 0 aliphatic rings. The second kappa shape index (κ2) is 15.2. The molecule has 168 valence electrons. The van der Waals surface area contributed by atoms with Crippen LogP contribution < -0.4 is 0 Å². The van der Waals surface area contributed by atoms with Gasteiger partial charge in [-0.25, -0.2) is 0 Å². The van der Waals surface area contributed by atoms with Gasteiger partial charge in [0.15, 0.2) is 0 Å². The Kier molecular flexibility index (Phi) is 13.8. The monoisotopic (exact) mass is 420 g/mol. The summed E-state index contributed by atoms with van der Waals surface area (Å²) in [5.41, 5.74) is 2.82. The molecule has 2 atom stereocenters. The van der Waals surface area contributed by atoms with E-state index in [2.05, 4.69) is 65.4 Å². The molecule has 0 heterocycles. The Bertz CT molecular complexity index is 511. The summed E-state index contributed by atoms with van der Waals surface area (Å²) in [7, 11) is -2.19. The van der Waals surface area contributed by atoms with Crippen molar-refractivity contribution in [1.82, 2.24) is 0 Å². The standard InChI is InChI=1S/C26H48O2Si/c1-7-11-16-24(9-3)21-27-29(6,28-22-25(10-4)17-12-8-2)20-19-26-18-14-13-15-23(26)5/h13-15,18,24-25H,7-12,16-17,19-22H2,1-6H3. The molecule has 0 N–H and O–H groups in total. The Morgan fingerprint density at radius 3 is 1.79 bits per heavy atom. The molecule has 1 aromatic carbocycles. The van der Waals surface area contributed by atoms with Crippen molar-refractivity contribution in [2.45, 2.75) is 105 Å². The number of hydrogen-bond donors (Lipinski definition) is 0. The minimum absolute atomic E-state index is 0.672. The predicted octanol–water partition coefficient (Wildman–Crippen LogP) is 8.08. The second-order valence-electron chi connectivity index (χ2n) is 9.02. The molecule has 0 bridgehead atoms. The average Bonchev–Trinajstić information content (AvgIpc) is 2.73. The first-order valence-corrected chi connectivity index (χ1v) is 14.8. The van der Waals surface area contributed by atoms with Crippen molar-refractivity contribution in [3.63, 3.8) is 0 Å². The van der Waals surface area contributed by atoms with Crippen LogP contribution in [-0.2, 0) is 15.3 Å². The highest BCUT2D eigenvalue weighted by molar-refractivity contribution is 6.66. The molecule has 0 aliphatic heterocycles. The van der Waals surface area contributed by atoms with Gasteiger partial charge in [0.2, 0.25) is 0 Å². The lowest BCUT2D eigenvalue weighted by Gasteiger charge is -2.31. The molecule has 0 spiro atoms. The molecule has 0 aromatic heterocycles. The van der Waals surface area contributed by atoms with Crippen molar-refractivity contribution < 1.29 is 8.85 Å². The minimum atomic E-state index is -2.19. The maximum absolute atomic E-state index is 6.66. The van der Waals surface area contributed by atoms with Crippen LogP contribution >= 0.6 is 0 Å². The van der Waals surface area contributed by atoms with Crippen molar-refractivity contribution in [2.75, 3.05) is 13.2 Å². The molecule has 0 saturated heterocycles. The summed E-state index contributed by atoms with van der Waals surface area (Å²) in [6.07, 6.45) is 11.2. The summed E-state index contributed by atoms with van der Waals surface area (Å²) in [5, 5.41) is 0. The third kappa shape index (κ3) is 10.8. The first-order valence-electron chi connectivity index (χ1n) is 12.3. The van der Waals surface area contributed by atoms with E-state index in [1.54, 1.807) is 0 Å². The molecule has 3 heteroatoms. The summed E-state index contributed by atoms with van der Waals surface area (Å²) >= 11 is 0. The first kappa shape index (κ1) is 26.4. The van der Waals surface area contributed by atoms with Gasteiger partial charge in [0.05, 0.1) is 0 Å². The van der Waals surface area contributed by atoms with Gasteiger partial charge in [0.1, 0.15) is 0 Å². The van der Waals surface area contributed by atoms with E-state index >= 15 is 0 Å². The summed E-state index contributed by atoms with van der Waals surface area (Å²) in [5.74, 6) is 1.34. The summed E-state index contributed by atoms with van der Waals surface area (Å²) < 4.78 is 13.3. The van der Waals surface area contributed by atoms with Crippen molar-refractivity contribution in [2.24, 2.45) is 11.8 Å². The van der Waals surface area contributed by atoms with Crippen LogP contribution in [0.25, 0.3) is 0 Å². The summed E-state index contributed by atoms with van der Waals surface area (Å²) in [4.78, 5) is 0. The summed E-state index contributed by atoms with van der Waals surface area (Å²) in [6.45, 7) is 15.4. The van der Waals surface area contributed by atoms with E-state index in [0.717, 1.165) is 25.7 Å². The zero-order valence-corrected chi connectivity index (χ0v) is 21.3. The molecular weight excluding hydrogens is 372 g/mol. The first-order chi connectivity index (χ1) is 14.0. The van der Waals surface area contributed by atoms with Gasteiger partial charge in [0, 0.05) is 13.2 Å². The Labute approximate surface area is 183 Å². The Hall–Kier alpha value is -0.643. The van der Waals surface area contributed by atoms with E-state index in [-0.39, 0.29) is 0 Å². The molecule has 0 radical (unpaired) electrons. The van der Waals surface area contributed by atoms with E-state index in [1.807, 2.05) is 0 Å². The third-order valence-corrected chi connectivity index (χ3v) is 9.16. The number of hydrogen-bond acceptors (Lipinski definition) is 2. The van der Waals surface area contributed by atoms with E-state index in [9.17, 15) is 0 Å².